The highest BCUT2D eigenvalue weighted by molar-refractivity contribution is 7.13. The Morgan fingerprint density at radius 2 is 2.32 bits per heavy atom. The molecule has 7 heteroatoms. The van der Waals surface area contributed by atoms with E-state index in [1.807, 2.05) is 19.2 Å². The molecular formula is C12H18ClN3O2S. The zero-order valence-corrected chi connectivity index (χ0v) is 12.8. The molecule has 5 nitrogen and oxygen atoms in total. The number of nitrogens with two attached hydrogens (primary N) is 1. The van der Waals surface area contributed by atoms with Crippen LogP contribution in [0.2, 0.25) is 5.02 Å². The molecule has 0 saturated carbocycles. The standard InChI is InChI=1S/C12H18ClN3O2S/c1-4-16(5-7(2)11(14)15-18)12(17)10-9(13)8(3)6-19-10/h6-7,18H,4-5H2,1-3H3,(H2,14,15). The van der Waals surface area contributed by atoms with Crippen molar-refractivity contribution in [2.24, 2.45) is 16.8 Å². The first-order valence-corrected chi connectivity index (χ1v) is 7.18. The summed E-state index contributed by atoms with van der Waals surface area (Å²) in [4.78, 5) is 14.5. The number of amidine groups is 1. The Kier molecular flexibility index (Phi) is 5.62. The number of hydrogen-bond donors (Lipinski definition) is 2. The number of halogens is 1. The number of hydrogen-bond acceptors (Lipinski definition) is 4. The summed E-state index contributed by atoms with van der Waals surface area (Å²) in [5.41, 5.74) is 6.43. The first kappa shape index (κ1) is 15.8. The molecule has 0 spiro atoms. The third-order valence-electron chi connectivity index (χ3n) is 2.88. The number of carbonyl (C=O) groups excluding carboxylic acids is 1. The molecule has 0 aromatic carbocycles. The Labute approximate surface area is 121 Å². The van der Waals surface area contributed by atoms with Gasteiger partial charge in [-0.25, -0.2) is 0 Å². The van der Waals surface area contributed by atoms with E-state index in [4.69, 9.17) is 22.5 Å². The maximum absolute atomic E-state index is 12.4. The summed E-state index contributed by atoms with van der Waals surface area (Å²) in [7, 11) is 0. The number of oxime groups is 1. The summed E-state index contributed by atoms with van der Waals surface area (Å²) in [5, 5.41) is 14.0. The van der Waals surface area contributed by atoms with Gasteiger partial charge in [0.1, 0.15) is 10.7 Å². The molecule has 1 rings (SSSR count). The smallest absolute Gasteiger partial charge is 0.265 e. The fourth-order valence-electron chi connectivity index (χ4n) is 1.60. The quantitative estimate of drug-likeness (QED) is 0.380. The molecule has 0 fully saturated rings. The van der Waals surface area contributed by atoms with Crippen LogP contribution < -0.4 is 5.73 Å². The van der Waals surface area contributed by atoms with Crippen molar-refractivity contribution in [1.82, 2.24) is 4.90 Å². The van der Waals surface area contributed by atoms with Crippen molar-refractivity contribution >= 4 is 34.7 Å². The number of amides is 1. The van der Waals surface area contributed by atoms with Gasteiger partial charge in [0, 0.05) is 19.0 Å². The number of carbonyl (C=O) groups is 1. The summed E-state index contributed by atoms with van der Waals surface area (Å²) in [6.45, 7) is 6.47. The molecule has 0 saturated heterocycles. The maximum Gasteiger partial charge on any atom is 0.265 e. The molecule has 106 valence electrons. The first-order chi connectivity index (χ1) is 8.92. The van der Waals surface area contributed by atoms with Crippen LogP contribution in [0, 0.1) is 12.8 Å². The third-order valence-corrected chi connectivity index (χ3v) is 4.56. The minimum Gasteiger partial charge on any atom is -0.409 e. The maximum atomic E-state index is 12.4. The lowest BCUT2D eigenvalue weighted by atomic mass is 10.1. The van der Waals surface area contributed by atoms with Crippen LogP contribution in [0.1, 0.15) is 29.1 Å². The molecule has 1 atom stereocenters. The number of aryl methyl sites for hydroxylation is 1. The van der Waals surface area contributed by atoms with E-state index in [9.17, 15) is 4.79 Å². The molecule has 1 aromatic heterocycles. The van der Waals surface area contributed by atoms with Gasteiger partial charge >= 0.3 is 0 Å². The molecule has 1 unspecified atom stereocenters. The lowest BCUT2D eigenvalue weighted by Gasteiger charge is -2.23. The van der Waals surface area contributed by atoms with Crippen LogP contribution in [0.25, 0.3) is 0 Å². The van der Waals surface area contributed by atoms with Crippen LogP contribution >= 0.6 is 22.9 Å². The SMILES string of the molecule is CCN(CC(C)/C(N)=N/O)C(=O)c1scc(C)c1Cl. The van der Waals surface area contributed by atoms with Gasteiger partial charge in [0.25, 0.3) is 5.91 Å². The van der Waals surface area contributed by atoms with Gasteiger partial charge in [-0.2, -0.15) is 0 Å². The van der Waals surface area contributed by atoms with Crippen LogP contribution in [0.4, 0.5) is 0 Å². The van der Waals surface area contributed by atoms with Crippen molar-refractivity contribution in [1.29, 1.82) is 0 Å². The van der Waals surface area contributed by atoms with Gasteiger partial charge in [0.05, 0.1) is 5.02 Å². The van der Waals surface area contributed by atoms with E-state index in [1.54, 1.807) is 11.8 Å². The van der Waals surface area contributed by atoms with Gasteiger partial charge in [0.2, 0.25) is 0 Å². The fourth-order valence-corrected chi connectivity index (χ4v) is 2.84. The first-order valence-electron chi connectivity index (χ1n) is 5.92. The van der Waals surface area contributed by atoms with E-state index in [-0.39, 0.29) is 17.7 Å². The Morgan fingerprint density at radius 1 is 1.68 bits per heavy atom. The van der Waals surface area contributed by atoms with Crippen LogP contribution in [0.5, 0.6) is 0 Å². The average molecular weight is 304 g/mol. The van der Waals surface area contributed by atoms with Crippen LogP contribution in [-0.2, 0) is 0 Å². The second kappa shape index (κ2) is 6.77. The summed E-state index contributed by atoms with van der Waals surface area (Å²) in [6, 6.07) is 0. The normalized spacial score (nSPS) is 13.4. The Hall–Kier alpha value is -1.27. The third kappa shape index (κ3) is 3.61. The molecule has 3 N–H and O–H groups in total. The van der Waals surface area contributed by atoms with Gasteiger partial charge in [-0.15, -0.1) is 11.3 Å². The molecule has 0 radical (unpaired) electrons. The van der Waals surface area contributed by atoms with Crippen molar-refractivity contribution in [2.45, 2.75) is 20.8 Å². The van der Waals surface area contributed by atoms with E-state index >= 15 is 0 Å². The van der Waals surface area contributed by atoms with E-state index in [1.165, 1.54) is 11.3 Å². The summed E-state index contributed by atoms with van der Waals surface area (Å²) < 4.78 is 0. The summed E-state index contributed by atoms with van der Waals surface area (Å²) in [5.74, 6) is -0.225. The molecule has 0 bridgehead atoms. The van der Waals surface area contributed by atoms with Crippen molar-refractivity contribution in [3.63, 3.8) is 0 Å². The van der Waals surface area contributed by atoms with Gasteiger partial charge in [-0.3, -0.25) is 4.79 Å². The second-order valence-electron chi connectivity index (χ2n) is 4.33. The fraction of sp³-hybridized carbons (Fsp3) is 0.500. The van der Waals surface area contributed by atoms with E-state index < -0.39 is 0 Å². The van der Waals surface area contributed by atoms with Crippen LogP contribution in [0.15, 0.2) is 10.5 Å². The summed E-state index contributed by atoms with van der Waals surface area (Å²) in [6.07, 6.45) is 0. The minimum absolute atomic E-state index is 0.111. The lowest BCUT2D eigenvalue weighted by molar-refractivity contribution is 0.0759. The molecule has 1 heterocycles. The number of nitrogens with zero attached hydrogens (tertiary/aromatic N) is 2. The monoisotopic (exact) mass is 303 g/mol. The Morgan fingerprint density at radius 3 is 2.74 bits per heavy atom. The van der Waals surface area contributed by atoms with Crippen molar-refractivity contribution in [3.05, 3.63) is 20.8 Å². The lowest BCUT2D eigenvalue weighted by Crippen LogP contribution is -2.38. The van der Waals surface area contributed by atoms with E-state index in [0.29, 0.717) is 23.0 Å². The molecule has 0 aliphatic carbocycles. The van der Waals surface area contributed by atoms with Crippen molar-refractivity contribution in [3.8, 4) is 0 Å². The predicted molar refractivity (Wildman–Crippen MR) is 78.2 cm³/mol. The molecule has 19 heavy (non-hydrogen) atoms. The van der Waals surface area contributed by atoms with Gasteiger partial charge in [-0.05, 0) is 24.8 Å². The van der Waals surface area contributed by atoms with Crippen LogP contribution in [0.3, 0.4) is 0 Å². The molecular weight excluding hydrogens is 286 g/mol. The zero-order chi connectivity index (χ0) is 14.6. The van der Waals surface area contributed by atoms with Crippen molar-refractivity contribution in [2.75, 3.05) is 13.1 Å². The molecule has 0 aliphatic heterocycles. The highest BCUT2D eigenvalue weighted by atomic mass is 35.5. The average Bonchev–Trinajstić information content (AvgIpc) is 2.74. The van der Waals surface area contributed by atoms with Gasteiger partial charge in [0.15, 0.2) is 0 Å². The number of thiophene rings is 1. The topological polar surface area (TPSA) is 78.9 Å². The van der Waals surface area contributed by atoms with Crippen LogP contribution in [-0.4, -0.2) is 34.9 Å². The second-order valence-corrected chi connectivity index (χ2v) is 5.59. The minimum atomic E-state index is -0.214. The Balaban J connectivity index is 2.86. The van der Waals surface area contributed by atoms with Gasteiger partial charge < -0.3 is 15.8 Å². The van der Waals surface area contributed by atoms with Gasteiger partial charge in [-0.1, -0.05) is 23.7 Å². The predicted octanol–water partition coefficient (Wildman–Crippen LogP) is 2.55. The molecule has 1 amide bonds. The van der Waals surface area contributed by atoms with Crippen molar-refractivity contribution < 1.29 is 10.0 Å². The highest BCUT2D eigenvalue weighted by Gasteiger charge is 2.22. The highest BCUT2D eigenvalue weighted by Crippen LogP contribution is 2.28. The zero-order valence-electron chi connectivity index (χ0n) is 11.2. The Bertz CT molecular complexity index is 487. The molecule has 1 aromatic rings. The number of rotatable bonds is 5. The van der Waals surface area contributed by atoms with E-state index in [0.717, 1.165) is 5.56 Å². The largest absolute Gasteiger partial charge is 0.409 e. The van der Waals surface area contributed by atoms with E-state index in [2.05, 4.69) is 5.16 Å². The summed E-state index contributed by atoms with van der Waals surface area (Å²) >= 11 is 7.44. The molecule has 0 aliphatic rings.